The van der Waals surface area contributed by atoms with Crippen LogP contribution < -0.4 is 5.32 Å². The molecule has 3 nitrogen and oxygen atoms in total. The van der Waals surface area contributed by atoms with E-state index in [-0.39, 0.29) is 17.0 Å². The van der Waals surface area contributed by atoms with Gasteiger partial charge in [-0.1, -0.05) is 20.8 Å². The van der Waals surface area contributed by atoms with Crippen LogP contribution in [0.2, 0.25) is 0 Å². The van der Waals surface area contributed by atoms with Crippen LogP contribution in [0.25, 0.3) is 0 Å². The summed E-state index contributed by atoms with van der Waals surface area (Å²) in [6.07, 6.45) is -0.779. The molecule has 0 aliphatic carbocycles. The van der Waals surface area contributed by atoms with E-state index in [1.807, 2.05) is 20.8 Å². The fourth-order valence-electron chi connectivity index (χ4n) is 2.30. The van der Waals surface area contributed by atoms with E-state index in [0.717, 1.165) is 0 Å². The number of aliphatic hydroxyl groups excluding tert-OH is 1. The summed E-state index contributed by atoms with van der Waals surface area (Å²) in [6, 6.07) is 3.03. The molecule has 0 fully saturated rings. The first kappa shape index (κ1) is 14.0. The molecule has 2 rings (SSSR count). The summed E-state index contributed by atoms with van der Waals surface area (Å²) in [4.78, 5) is 11.8. The Morgan fingerprint density at radius 2 is 1.89 bits per heavy atom. The van der Waals surface area contributed by atoms with Crippen molar-refractivity contribution in [3.8, 4) is 0 Å². The summed E-state index contributed by atoms with van der Waals surface area (Å²) in [5.74, 6) is -0.710. The maximum Gasteiger partial charge on any atom is 0.234 e. The molecule has 104 valence electrons. The third kappa shape index (κ3) is 2.14. The van der Waals surface area contributed by atoms with E-state index in [2.05, 4.69) is 5.32 Å². The number of nitrogens with one attached hydrogen (secondary N) is 1. The molecule has 1 amide bonds. The van der Waals surface area contributed by atoms with Gasteiger partial charge >= 0.3 is 0 Å². The number of anilines is 1. The Kier molecular flexibility index (Phi) is 2.97. The minimum absolute atomic E-state index is 0.219. The summed E-state index contributed by atoms with van der Waals surface area (Å²) >= 11 is 0. The number of hydrogen-bond donors (Lipinski definition) is 2. The molecule has 1 atom stereocenters. The van der Waals surface area contributed by atoms with Crippen LogP contribution in [0.3, 0.4) is 0 Å². The third-order valence-electron chi connectivity index (χ3n) is 3.73. The van der Waals surface area contributed by atoms with Crippen molar-refractivity contribution in [3.63, 3.8) is 0 Å². The van der Waals surface area contributed by atoms with Crippen molar-refractivity contribution in [1.29, 1.82) is 0 Å². The van der Waals surface area contributed by atoms with E-state index in [1.165, 1.54) is 6.07 Å². The molecule has 1 aliphatic rings. The number of carbonyl (C=O) groups is 1. The lowest BCUT2D eigenvalue weighted by molar-refractivity contribution is -0.119. The molecule has 1 unspecified atom stereocenters. The Balaban J connectivity index is 2.57. The molecule has 1 aromatic carbocycles. The highest BCUT2D eigenvalue weighted by molar-refractivity contribution is 6.05. The number of halogens is 1. The number of aliphatic hydroxyl groups is 1. The summed E-state index contributed by atoms with van der Waals surface area (Å²) < 4.78 is 14.1. The number of hydrogen-bond acceptors (Lipinski definition) is 2. The Hall–Kier alpha value is -1.42. The van der Waals surface area contributed by atoms with Gasteiger partial charge in [-0.25, -0.2) is 4.39 Å². The van der Waals surface area contributed by atoms with Gasteiger partial charge in [0, 0.05) is 0 Å². The Labute approximate surface area is 112 Å². The highest BCUT2D eigenvalue weighted by atomic mass is 19.1. The van der Waals surface area contributed by atoms with Gasteiger partial charge in [0.1, 0.15) is 5.82 Å². The molecule has 0 spiro atoms. The average Bonchev–Trinajstić information content (AvgIpc) is 2.50. The lowest BCUT2D eigenvalue weighted by atomic mass is 9.80. The second-order valence-electron chi connectivity index (χ2n) is 6.77. The average molecular weight is 265 g/mol. The molecule has 0 saturated heterocycles. The second kappa shape index (κ2) is 4.04. The molecule has 0 bridgehead atoms. The van der Waals surface area contributed by atoms with E-state index in [0.29, 0.717) is 11.1 Å². The monoisotopic (exact) mass is 265 g/mol. The Bertz CT molecular complexity index is 544. The van der Waals surface area contributed by atoms with Gasteiger partial charge in [0.05, 0.1) is 17.2 Å². The summed E-state index contributed by atoms with van der Waals surface area (Å²) in [7, 11) is 0. The largest absolute Gasteiger partial charge is 0.388 e. The predicted octanol–water partition coefficient (Wildman–Crippen LogP) is 3.13. The molecular weight excluding hydrogens is 245 g/mol. The highest BCUT2D eigenvalue weighted by Gasteiger charge is 2.41. The van der Waals surface area contributed by atoms with Gasteiger partial charge in [-0.3, -0.25) is 4.79 Å². The number of carbonyl (C=O) groups excluding carboxylic acids is 1. The summed E-state index contributed by atoms with van der Waals surface area (Å²) in [6.45, 7) is 9.16. The molecule has 2 N–H and O–H groups in total. The van der Waals surface area contributed by atoms with Gasteiger partial charge < -0.3 is 10.4 Å². The molecule has 0 aromatic heterocycles. The summed E-state index contributed by atoms with van der Waals surface area (Å²) in [5, 5.41) is 12.8. The van der Waals surface area contributed by atoms with E-state index in [9.17, 15) is 14.3 Å². The minimum atomic E-state index is -0.779. The standard InChI is InChI=1S/C15H20FNO2/c1-14(2,3)12(18)8-6-9-11(10(16)7-8)17-13(19)15(9,4)5/h6-7,12,18H,1-5H3,(H,17,19). The Morgan fingerprint density at radius 1 is 1.32 bits per heavy atom. The number of fused-ring (bicyclic) bond motifs is 1. The van der Waals surface area contributed by atoms with Crippen LogP contribution in [0, 0.1) is 11.2 Å². The van der Waals surface area contributed by atoms with Crippen LogP contribution in [-0.4, -0.2) is 11.0 Å². The molecule has 1 aliphatic heterocycles. The fourth-order valence-corrected chi connectivity index (χ4v) is 2.30. The third-order valence-corrected chi connectivity index (χ3v) is 3.73. The molecule has 0 saturated carbocycles. The second-order valence-corrected chi connectivity index (χ2v) is 6.77. The maximum atomic E-state index is 14.1. The van der Waals surface area contributed by atoms with Gasteiger partial charge in [-0.15, -0.1) is 0 Å². The molecule has 19 heavy (non-hydrogen) atoms. The molecule has 0 radical (unpaired) electrons. The van der Waals surface area contributed by atoms with Gasteiger partial charge in [0.25, 0.3) is 0 Å². The van der Waals surface area contributed by atoms with Gasteiger partial charge in [0.2, 0.25) is 5.91 Å². The topological polar surface area (TPSA) is 49.3 Å². The van der Waals surface area contributed by atoms with Crippen molar-refractivity contribution in [2.24, 2.45) is 5.41 Å². The number of amides is 1. The Morgan fingerprint density at radius 3 is 2.42 bits per heavy atom. The first-order chi connectivity index (χ1) is 8.55. The van der Waals surface area contributed by atoms with E-state index in [1.54, 1.807) is 19.9 Å². The van der Waals surface area contributed by atoms with Crippen LogP contribution in [0.1, 0.15) is 51.8 Å². The zero-order valence-electron chi connectivity index (χ0n) is 12.0. The van der Waals surface area contributed by atoms with E-state index in [4.69, 9.17) is 0 Å². The predicted molar refractivity (Wildman–Crippen MR) is 72.5 cm³/mol. The zero-order chi connectivity index (χ0) is 14.6. The van der Waals surface area contributed by atoms with Crippen molar-refractivity contribution in [2.45, 2.75) is 46.1 Å². The first-order valence-corrected chi connectivity index (χ1v) is 6.38. The van der Waals surface area contributed by atoms with Crippen LogP contribution in [0.4, 0.5) is 10.1 Å². The van der Waals surface area contributed by atoms with Crippen molar-refractivity contribution in [2.75, 3.05) is 5.32 Å². The van der Waals surface area contributed by atoms with Gasteiger partial charge in [-0.2, -0.15) is 0 Å². The lowest BCUT2D eigenvalue weighted by Gasteiger charge is -2.27. The van der Waals surface area contributed by atoms with Crippen LogP contribution in [0.5, 0.6) is 0 Å². The number of benzene rings is 1. The van der Waals surface area contributed by atoms with Gasteiger partial charge in [0.15, 0.2) is 0 Å². The van der Waals surface area contributed by atoms with Crippen molar-refractivity contribution < 1.29 is 14.3 Å². The smallest absolute Gasteiger partial charge is 0.234 e. The zero-order valence-corrected chi connectivity index (χ0v) is 12.0. The highest BCUT2D eigenvalue weighted by Crippen LogP contribution is 2.42. The van der Waals surface area contributed by atoms with Crippen LogP contribution >= 0.6 is 0 Å². The SMILES string of the molecule is CC1(C)C(=O)Nc2c(F)cc(C(O)C(C)(C)C)cc21. The van der Waals surface area contributed by atoms with Crippen molar-refractivity contribution in [3.05, 3.63) is 29.1 Å². The summed E-state index contributed by atoms with van der Waals surface area (Å²) in [5.41, 5.74) is 0.189. The normalized spacial score (nSPS) is 19.0. The molecule has 1 heterocycles. The molecule has 4 heteroatoms. The minimum Gasteiger partial charge on any atom is -0.388 e. The van der Waals surface area contributed by atoms with E-state index >= 15 is 0 Å². The van der Waals surface area contributed by atoms with Crippen molar-refractivity contribution in [1.82, 2.24) is 0 Å². The molecular formula is C15H20FNO2. The quantitative estimate of drug-likeness (QED) is 0.819. The van der Waals surface area contributed by atoms with Gasteiger partial charge in [-0.05, 0) is 42.5 Å². The first-order valence-electron chi connectivity index (χ1n) is 6.38. The molecule has 1 aromatic rings. The van der Waals surface area contributed by atoms with Crippen molar-refractivity contribution >= 4 is 11.6 Å². The maximum absolute atomic E-state index is 14.1. The van der Waals surface area contributed by atoms with E-state index < -0.39 is 17.3 Å². The fraction of sp³-hybridized carbons (Fsp3) is 0.533. The lowest BCUT2D eigenvalue weighted by Crippen LogP contribution is -2.27. The number of rotatable bonds is 1. The van der Waals surface area contributed by atoms with Crippen LogP contribution in [0.15, 0.2) is 12.1 Å². The van der Waals surface area contributed by atoms with Crippen LogP contribution in [-0.2, 0) is 10.2 Å².